The van der Waals surface area contributed by atoms with Crippen molar-refractivity contribution in [3.8, 4) is 22.8 Å². The summed E-state index contributed by atoms with van der Waals surface area (Å²) in [5, 5.41) is 15.6. The van der Waals surface area contributed by atoms with Gasteiger partial charge in [0.05, 0.1) is 5.69 Å². The minimum Gasteiger partial charge on any atom is -0.477 e. The summed E-state index contributed by atoms with van der Waals surface area (Å²) in [5.74, 6) is -0.897. The van der Waals surface area contributed by atoms with Crippen LogP contribution in [0.5, 0.6) is 0 Å². The Hall–Kier alpha value is -3.06. The van der Waals surface area contributed by atoms with E-state index in [0.717, 1.165) is 5.56 Å². The van der Waals surface area contributed by atoms with Crippen LogP contribution in [0.1, 0.15) is 10.4 Å². The lowest BCUT2D eigenvalue weighted by atomic mass is 10.2. The van der Waals surface area contributed by atoms with Crippen LogP contribution < -0.4 is 5.56 Å². The summed E-state index contributed by atoms with van der Waals surface area (Å²) in [4.78, 5) is 31.0. The number of carbonyl (C=O) groups is 1. The topological polar surface area (TPSA) is 109 Å². The van der Waals surface area contributed by atoms with Crippen LogP contribution in [0, 0.1) is 0 Å². The number of hydrogen-bond acceptors (Lipinski definition) is 5. The van der Waals surface area contributed by atoms with Crippen molar-refractivity contribution in [1.82, 2.24) is 20.2 Å². The molecule has 0 atom stereocenters. The van der Waals surface area contributed by atoms with Crippen LogP contribution in [-0.4, -0.2) is 31.2 Å². The van der Waals surface area contributed by atoms with Crippen molar-refractivity contribution in [3.63, 3.8) is 0 Å². The van der Waals surface area contributed by atoms with Crippen LogP contribution in [0.4, 0.5) is 0 Å². The van der Waals surface area contributed by atoms with Gasteiger partial charge in [-0.1, -0.05) is 11.6 Å². The Morgan fingerprint density at radius 1 is 1.13 bits per heavy atom. The van der Waals surface area contributed by atoms with Crippen LogP contribution in [-0.2, 0) is 0 Å². The molecule has 23 heavy (non-hydrogen) atoms. The van der Waals surface area contributed by atoms with Gasteiger partial charge in [0.1, 0.15) is 11.3 Å². The molecular formula is C15H9ClN4O3. The number of nitrogens with one attached hydrogen (secondary N) is 1. The van der Waals surface area contributed by atoms with E-state index in [9.17, 15) is 9.59 Å². The first-order valence-electron chi connectivity index (χ1n) is 6.47. The Labute approximate surface area is 134 Å². The number of aromatic amines is 1. The van der Waals surface area contributed by atoms with Gasteiger partial charge in [0.15, 0.2) is 5.82 Å². The molecule has 1 aromatic carbocycles. The van der Waals surface area contributed by atoms with Crippen LogP contribution in [0.3, 0.4) is 0 Å². The van der Waals surface area contributed by atoms with E-state index in [1.54, 1.807) is 30.3 Å². The molecule has 0 amide bonds. The van der Waals surface area contributed by atoms with Crippen molar-refractivity contribution < 1.29 is 9.90 Å². The first-order chi connectivity index (χ1) is 11.0. The van der Waals surface area contributed by atoms with E-state index in [1.807, 2.05) is 0 Å². The van der Waals surface area contributed by atoms with Crippen LogP contribution in [0.25, 0.3) is 22.8 Å². The van der Waals surface area contributed by atoms with Gasteiger partial charge in [-0.3, -0.25) is 4.79 Å². The Balaban J connectivity index is 2.06. The summed E-state index contributed by atoms with van der Waals surface area (Å²) in [6.07, 6.45) is 1.53. The first-order valence-corrected chi connectivity index (χ1v) is 6.85. The zero-order valence-corrected chi connectivity index (χ0v) is 12.3. The number of aromatic nitrogens is 4. The number of carboxylic acids is 1. The number of hydrogen-bond donors (Lipinski definition) is 2. The smallest absolute Gasteiger partial charge is 0.341 e. The number of aromatic carboxylic acids is 1. The Morgan fingerprint density at radius 3 is 2.57 bits per heavy atom. The minimum atomic E-state index is -1.33. The van der Waals surface area contributed by atoms with Gasteiger partial charge in [0.2, 0.25) is 0 Å². The van der Waals surface area contributed by atoms with E-state index >= 15 is 0 Å². The van der Waals surface area contributed by atoms with Crippen LogP contribution >= 0.6 is 11.6 Å². The van der Waals surface area contributed by atoms with Crippen molar-refractivity contribution in [2.24, 2.45) is 0 Å². The average molecular weight is 329 g/mol. The quantitative estimate of drug-likeness (QED) is 0.763. The molecule has 0 aliphatic heterocycles. The lowest BCUT2D eigenvalue weighted by Gasteiger charge is -2.04. The Kier molecular flexibility index (Phi) is 3.86. The van der Waals surface area contributed by atoms with Gasteiger partial charge < -0.3 is 5.11 Å². The second kappa shape index (κ2) is 5.98. The minimum absolute atomic E-state index is 0.236. The molecular weight excluding hydrogens is 320 g/mol. The molecule has 0 spiro atoms. The fourth-order valence-corrected chi connectivity index (χ4v) is 2.06. The molecule has 3 rings (SSSR count). The molecule has 0 aliphatic rings. The molecule has 2 heterocycles. The van der Waals surface area contributed by atoms with Gasteiger partial charge in [-0.25, -0.2) is 19.9 Å². The van der Waals surface area contributed by atoms with E-state index in [4.69, 9.17) is 16.7 Å². The summed E-state index contributed by atoms with van der Waals surface area (Å²) in [7, 11) is 0. The number of halogens is 1. The predicted molar refractivity (Wildman–Crippen MR) is 83.3 cm³/mol. The maximum Gasteiger partial charge on any atom is 0.341 e. The second-order valence-corrected chi connectivity index (χ2v) is 5.01. The third kappa shape index (κ3) is 3.09. The zero-order chi connectivity index (χ0) is 16.4. The van der Waals surface area contributed by atoms with Gasteiger partial charge >= 0.3 is 5.97 Å². The largest absolute Gasteiger partial charge is 0.477 e. The number of rotatable bonds is 3. The molecule has 0 saturated carbocycles. The highest BCUT2D eigenvalue weighted by Crippen LogP contribution is 2.20. The highest BCUT2D eigenvalue weighted by molar-refractivity contribution is 6.30. The number of carboxylic acid groups (broad SMARTS) is 1. The third-order valence-corrected chi connectivity index (χ3v) is 3.31. The average Bonchev–Trinajstić information content (AvgIpc) is 2.56. The standard InChI is InChI=1S/C15H9ClN4O3/c16-9-3-1-8(2-4-9)13-17-6-5-11(18-13)12-7-10(15(22)23)14(21)20-19-12/h1-7H,(H,20,21)(H,22,23). The fraction of sp³-hybridized carbons (Fsp3) is 0. The lowest BCUT2D eigenvalue weighted by molar-refractivity contribution is 0.0694. The maximum absolute atomic E-state index is 11.4. The highest BCUT2D eigenvalue weighted by atomic mass is 35.5. The highest BCUT2D eigenvalue weighted by Gasteiger charge is 2.13. The molecule has 7 nitrogen and oxygen atoms in total. The van der Waals surface area contributed by atoms with Gasteiger partial charge in [-0.15, -0.1) is 0 Å². The molecule has 2 N–H and O–H groups in total. The molecule has 8 heteroatoms. The molecule has 2 aromatic heterocycles. The predicted octanol–water partition coefficient (Wildman–Crippen LogP) is 2.25. The van der Waals surface area contributed by atoms with Crippen molar-refractivity contribution in [1.29, 1.82) is 0 Å². The molecule has 0 unspecified atom stereocenters. The van der Waals surface area contributed by atoms with Crippen LogP contribution in [0.2, 0.25) is 5.02 Å². The van der Waals surface area contributed by atoms with Gasteiger partial charge in [-0.2, -0.15) is 5.10 Å². The van der Waals surface area contributed by atoms with Gasteiger partial charge in [-0.05, 0) is 36.4 Å². The molecule has 0 fully saturated rings. The van der Waals surface area contributed by atoms with E-state index in [1.165, 1.54) is 12.3 Å². The lowest BCUT2D eigenvalue weighted by Crippen LogP contribution is -2.19. The zero-order valence-electron chi connectivity index (χ0n) is 11.5. The Bertz CT molecular complexity index is 938. The molecule has 0 saturated heterocycles. The summed E-state index contributed by atoms with van der Waals surface area (Å²) in [6, 6.07) is 9.72. The van der Waals surface area contributed by atoms with Crippen LogP contribution in [0.15, 0.2) is 47.4 Å². The van der Waals surface area contributed by atoms with Crippen molar-refractivity contribution in [2.45, 2.75) is 0 Å². The van der Waals surface area contributed by atoms with E-state index in [2.05, 4.69) is 20.2 Å². The molecule has 0 radical (unpaired) electrons. The summed E-state index contributed by atoms with van der Waals surface area (Å²) >= 11 is 5.85. The maximum atomic E-state index is 11.4. The summed E-state index contributed by atoms with van der Waals surface area (Å²) in [5.41, 5.74) is 0.206. The third-order valence-electron chi connectivity index (χ3n) is 3.05. The van der Waals surface area contributed by atoms with Crippen molar-refractivity contribution in [3.05, 3.63) is 63.5 Å². The van der Waals surface area contributed by atoms with Crippen molar-refractivity contribution >= 4 is 17.6 Å². The first kappa shape index (κ1) is 14.9. The molecule has 3 aromatic rings. The van der Waals surface area contributed by atoms with E-state index < -0.39 is 17.1 Å². The number of H-pyrrole nitrogens is 1. The van der Waals surface area contributed by atoms with E-state index in [-0.39, 0.29) is 5.69 Å². The van der Waals surface area contributed by atoms with Crippen molar-refractivity contribution in [2.75, 3.05) is 0 Å². The fourth-order valence-electron chi connectivity index (χ4n) is 1.94. The van der Waals surface area contributed by atoms with E-state index in [0.29, 0.717) is 16.5 Å². The monoisotopic (exact) mass is 328 g/mol. The van der Waals surface area contributed by atoms with Gasteiger partial charge in [0, 0.05) is 16.8 Å². The molecule has 0 bridgehead atoms. The number of benzene rings is 1. The number of nitrogens with zero attached hydrogens (tertiary/aromatic N) is 3. The summed E-state index contributed by atoms with van der Waals surface area (Å²) < 4.78 is 0. The SMILES string of the molecule is O=C(O)c1cc(-c2ccnc(-c3ccc(Cl)cc3)n2)n[nH]c1=O. The molecule has 114 valence electrons. The summed E-state index contributed by atoms with van der Waals surface area (Å²) in [6.45, 7) is 0. The Morgan fingerprint density at radius 2 is 1.87 bits per heavy atom. The molecule has 0 aliphatic carbocycles. The van der Waals surface area contributed by atoms with Gasteiger partial charge in [0.25, 0.3) is 5.56 Å². The normalized spacial score (nSPS) is 10.5. The second-order valence-electron chi connectivity index (χ2n) is 4.57.